The Morgan fingerprint density at radius 2 is 1.87 bits per heavy atom. The minimum absolute atomic E-state index is 0.197. The van der Waals surface area contributed by atoms with Crippen molar-refractivity contribution in [1.29, 1.82) is 0 Å². The highest BCUT2D eigenvalue weighted by Crippen LogP contribution is 2.22. The Bertz CT molecular complexity index is 375. The molecule has 0 saturated carbocycles. The van der Waals surface area contributed by atoms with Gasteiger partial charge in [-0.05, 0) is 37.1 Å². The Hall–Kier alpha value is -1.55. The van der Waals surface area contributed by atoms with Gasteiger partial charge in [0.1, 0.15) is 5.75 Å². The zero-order chi connectivity index (χ0) is 11.4. The van der Waals surface area contributed by atoms with Gasteiger partial charge in [-0.25, -0.2) is 5.43 Å². The molecule has 4 nitrogen and oxygen atoms in total. The largest absolute Gasteiger partial charge is 0.496 e. The molecule has 82 valence electrons. The van der Waals surface area contributed by atoms with E-state index in [1.807, 2.05) is 26.0 Å². The first-order chi connectivity index (χ1) is 7.10. The number of carbonyl (C=O) groups is 1. The summed E-state index contributed by atoms with van der Waals surface area (Å²) in [5, 5.41) is 0. The molecule has 0 spiro atoms. The molecule has 1 aromatic rings. The lowest BCUT2D eigenvalue weighted by Gasteiger charge is -2.11. The minimum atomic E-state index is -0.197. The first-order valence-corrected chi connectivity index (χ1v) is 4.72. The molecule has 0 saturated heterocycles. The second-order valence-electron chi connectivity index (χ2n) is 3.34. The van der Waals surface area contributed by atoms with Crippen molar-refractivity contribution in [3.63, 3.8) is 0 Å². The van der Waals surface area contributed by atoms with E-state index in [4.69, 9.17) is 4.74 Å². The number of rotatable bonds is 3. The molecule has 0 aliphatic rings. The number of amides is 1. The van der Waals surface area contributed by atoms with E-state index in [9.17, 15) is 4.79 Å². The van der Waals surface area contributed by atoms with Crippen LogP contribution in [0.4, 0.5) is 0 Å². The quantitative estimate of drug-likeness (QED) is 0.733. The van der Waals surface area contributed by atoms with Crippen LogP contribution >= 0.6 is 0 Å². The number of hydrogen-bond donors (Lipinski definition) is 2. The summed E-state index contributed by atoms with van der Waals surface area (Å²) in [7, 11) is 3.20. The molecule has 0 aliphatic heterocycles. The highest BCUT2D eigenvalue weighted by atomic mass is 16.5. The average Bonchev–Trinajstić information content (AvgIpc) is 2.21. The summed E-state index contributed by atoms with van der Waals surface area (Å²) in [5.41, 5.74) is 7.82. The van der Waals surface area contributed by atoms with E-state index in [0.29, 0.717) is 11.3 Å². The summed E-state index contributed by atoms with van der Waals surface area (Å²) in [5.74, 6) is 0.392. The van der Waals surface area contributed by atoms with Gasteiger partial charge in [-0.15, -0.1) is 0 Å². The van der Waals surface area contributed by atoms with Gasteiger partial charge < -0.3 is 4.74 Å². The Labute approximate surface area is 89.6 Å². The van der Waals surface area contributed by atoms with Gasteiger partial charge in [-0.3, -0.25) is 10.2 Å². The summed E-state index contributed by atoms with van der Waals surface area (Å²) in [6, 6.07) is 3.68. The summed E-state index contributed by atoms with van der Waals surface area (Å²) >= 11 is 0. The molecule has 0 aromatic heterocycles. The summed E-state index contributed by atoms with van der Waals surface area (Å²) in [6.07, 6.45) is 0. The first-order valence-electron chi connectivity index (χ1n) is 4.72. The van der Waals surface area contributed by atoms with E-state index in [0.717, 1.165) is 11.1 Å². The van der Waals surface area contributed by atoms with Crippen molar-refractivity contribution >= 4 is 5.91 Å². The lowest BCUT2D eigenvalue weighted by Crippen LogP contribution is -2.34. The monoisotopic (exact) mass is 208 g/mol. The molecule has 2 N–H and O–H groups in total. The van der Waals surface area contributed by atoms with E-state index in [-0.39, 0.29) is 5.91 Å². The van der Waals surface area contributed by atoms with E-state index in [2.05, 4.69) is 10.9 Å². The second-order valence-corrected chi connectivity index (χ2v) is 3.34. The smallest absolute Gasteiger partial charge is 0.269 e. The van der Waals surface area contributed by atoms with Crippen LogP contribution in [0.25, 0.3) is 0 Å². The van der Waals surface area contributed by atoms with E-state index < -0.39 is 0 Å². The van der Waals surface area contributed by atoms with Gasteiger partial charge in [0.15, 0.2) is 0 Å². The summed E-state index contributed by atoms with van der Waals surface area (Å²) < 4.78 is 5.16. The Morgan fingerprint density at radius 3 is 2.40 bits per heavy atom. The lowest BCUT2D eigenvalue weighted by atomic mass is 10.0. The van der Waals surface area contributed by atoms with Crippen molar-refractivity contribution in [3.05, 3.63) is 28.8 Å². The Balaban J connectivity index is 3.15. The van der Waals surface area contributed by atoms with Crippen molar-refractivity contribution in [2.75, 3.05) is 14.2 Å². The van der Waals surface area contributed by atoms with Crippen molar-refractivity contribution in [3.8, 4) is 5.75 Å². The second kappa shape index (κ2) is 4.79. The van der Waals surface area contributed by atoms with Gasteiger partial charge in [0.2, 0.25) is 0 Å². The van der Waals surface area contributed by atoms with E-state index in [1.54, 1.807) is 14.2 Å². The number of aryl methyl sites for hydroxylation is 2. The van der Waals surface area contributed by atoms with Gasteiger partial charge in [0.05, 0.1) is 12.7 Å². The number of nitrogens with one attached hydrogen (secondary N) is 2. The molecule has 1 rings (SSSR count). The molecule has 0 radical (unpaired) electrons. The SMILES string of the molecule is CNNC(=O)c1cc(C)c(C)cc1OC. The van der Waals surface area contributed by atoms with Crippen molar-refractivity contribution in [2.45, 2.75) is 13.8 Å². The number of methoxy groups -OCH3 is 1. The zero-order valence-corrected chi connectivity index (χ0v) is 9.47. The van der Waals surface area contributed by atoms with Gasteiger partial charge >= 0.3 is 0 Å². The molecule has 4 heteroatoms. The van der Waals surface area contributed by atoms with Crippen molar-refractivity contribution in [1.82, 2.24) is 10.9 Å². The maximum absolute atomic E-state index is 11.6. The predicted octanol–water partition coefficient (Wildman–Crippen LogP) is 1.18. The molecule has 0 bridgehead atoms. The molecule has 0 fully saturated rings. The molecule has 0 atom stereocenters. The highest BCUT2D eigenvalue weighted by Gasteiger charge is 2.12. The third-order valence-electron chi connectivity index (χ3n) is 2.30. The fraction of sp³-hybridized carbons (Fsp3) is 0.364. The Morgan fingerprint density at radius 1 is 1.27 bits per heavy atom. The van der Waals surface area contributed by atoms with Gasteiger partial charge in [-0.1, -0.05) is 0 Å². The van der Waals surface area contributed by atoms with Crippen LogP contribution in [0, 0.1) is 13.8 Å². The standard InChI is InChI=1S/C11H16N2O2/c1-7-5-9(11(14)13-12-3)10(15-4)6-8(7)2/h5-6,12H,1-4H3,(H,13,14). The predicted molar refractivity (Wildman–Crippen MR) is 59.0 cm³/mol. The third-order valence-corrected chi connectivity index (χ3v) is 2.30. The number of hydrogen-bond acceptors (Lipinski definition) is 3. The number of benzene rings is 1. The molecular formula is C11H16N2O2. The fourth-order valence-electron chi connectivity index (χ4n) is 1.32. The maximum atomic E-state index is 11.6. The molecule has 1 amide bonds. The molecule has 15 heavy (non-hydrogen) atoms. The summed E-state index contributed by atoms with van der Waals surface area (Å²) in [6.45, 7) is 3.95. The molecule has 0 unspecified atom stereocenters. The number of hydrazine groups is 1. The van der Waals surface area contributed by atoms with Crippen LogP contribution in [-0.2, 0) is 0 Å². The normalized spacial score (nSPS) is 9.87. The van der Waals surface area contributed by atoms with Crippen LogP contribution in [0.5, 0.6) is 5.75 Å². The van der Waals surface area contributed by atoms with Crippen LogP contribution in [0.15, 0.2) is 12.1 Å². The van der Waals surface area contributed by atoms with Crippen LogP contribution in [-0.4, -0.2) is 20.1 Å². The molecular weight excluding hydrogens is 192 g/mol. The van der Waals surface area contributed by atoms with Crippen molar-refractivity contribution < 1.29 is 9.53 Å². The molecule has 0 heterocycles. The number of carbonyl (C=O) groups excluding carboxylic acids is 1. The van der Waals surface area contributed by atoms with Crippen LogP contribution < -0.4 is 15.6 Å². The van der Waals surface area contributed by atoms with Crippen LogP contribution in [0.1, 0.15) is 21.5 Å². The minimum Gasteiger partial charge on any atom is -0.496 e. The number of ether oxygens (including phenoxy) is 1. The van der Waals surface area contributed by atoms with Gasteiger partial charge in [0, 0.05) is 7.05 Å². The first kappa shape index (κ1) is 11.5. The van der Waals surface area contributed by atoms with Gasteiger partial charge in [0.25, 0.3) is 5.91 Å². The fourth-order valence-corrected chi connectivity index (χ4v) is 1.32. The van der Waals surface area contributed by atoms with Gasteiger partial charge in [-0.2, -0.15) is 0 Å². The van der Waals surface area contributed by atoms with E-state index >= 15 is 0 Å². The zero-order valence-electron chi connectivity index (χ0n) is 9.47. The van der Waals surface area contributed by atoms with E-state index in [1.165, 1.54) is 0 Å². The molecule has 1 aromatic carbocycles. The Kier molecular flexibility index (Phi) is 3.68. The average molecular weight is 208 g/mol. The van der Waals surface area contributed by atoms with Crippen molar-refractivity contribution in [2.24, 2.45) is 0 Å². The van der Waals surface area contributed by atoms with Crippen LogP contribution in [0.3, 0.4) is 0 Å². The maximum Gasteiger partial charge on any atom is 0.269 e. The molecule has 0 aliphatic carbocycles. The third kappa shape index (κ3) is 2.47. The summed E-state index contributed by atoms with van der Waals surface area (Å²) in [4.78, 5) is 11.6. The highest BCUT2D eigenvalue weighted by molar-refractivity contribution is 5.97. The van der Waals surface area contributed by atoms with Crippen LogP contribution in [0.2, 0.25) is 0 Å². The topological polar surface area (TPSA) is 50.4 Å². The lowest BCUT2D eigenvalue weighted by molar-refractivity contribution is 0.0935.